The second kappa shape index (κ2) is 9.69. The van der Waals surface area contributed by atoms with Crippen LogP contribution in [0.2, 0.25) is 0 Å². The minimum Gasteiger partial charge on any atom is -0.494 e. The number of fused-ring (bicyclic) bond motifs is 1. The van der Waals surface area contributed by atoms with Crippen molar-refractivity contribution < 1.29 is 13.9 Å². The highest BCUT2D eigenvalue weighted by atomic mass is 16.5. The quantitative estimate of drug-likeness (QED) is 0.327. The molecule has 0 saturated carbocycles. The van der Waals surface area contributed by atoms with Gasteiger partial charge in [-0.25, -0.2) is 4.98 Å². The molecule has 1 heterocycles. The van der Waals surface area contributed by atoms with Gasteiger partial charge in [-0.05, 0) is 79.4 Å². The fourth-order valence-corrected chi connectivity index (χ4v) is 3.45. The molecule has 0 spiro atoms. The maximum absolute atomic E-state index is 12.6. The standard InChI is InChI=1S/C27H28N2O3/c1-4-5-13-31-23-8-6-7-21(17-23)27(30)28-22-11-9-20(10-12-22)16-26-29-24-14-18(2)19(3)15-25(24)32-26/h6-12,14-15,17H,4-5,13,16H2,1-3H3,(H,28,30). The number of carbonyl (C=O) groups is 1. The molecule has 0 aliphatic heterocycles. The molecule has 1 amide bonds. The number of hydrogen-bond donors (Lipinski definition) is 1. The summed E-state index contributed by atoms with van der Waals surface area (Å²) in [6.07, 6.45) is 2.66. The van der Waals surface area contributed by atoms with Crippen LogP contribution in [0.3, 0.4) is 0 Å². The lowest BCUT2D eigenvalue weighted by molar-refractivity contribution is 0.102. The Balaban J connectivity index is 1.39. The third kappa shape index (κ3) is 5.17. The van der Waals surface area contributed by atoms with Crippen LogP contribution in [-0.2, 0) is 6.42 Å². The van der Waals surface area contributed by atoms with E-state index < -0.39 is 0 Å². The van der Waals surface area contributed by atoms with E-state index in [0.717, 1.165) is 35.2 Å². The fourth-order valence-electron chi connectivity index (χ4n) is 3.45. The SMILES string of the molecule is CCCCOc1cccc(C(=O)Nc2ccc(Cc3nc4cc(C)c(C)cc4o3)cc2)c1. The number of amides is 1. The van der Waals surface area contributed by atoms with Gasteiger partial charge in [-0.1, -0.05) is 31.5 Å². The number of anilines is 1. The lowest BCUT2D eigenvalue weighted by atomic mass is 10.1. The third-order valence-corrected chi connectivity index (χ3v) is 5.48. The van der Waals surface area contributed by atoms with Gasteiger partial charge >= 0.3 is 0 Å². The van der Waals surface area contributed by atoms with Crippen LogP contribution in [0, 0.1) is 13.8 Å². The summed E-state index contributed by atoms with van der Waals surface area (Å²) in [6.45, 7) is 6.92. The summed E-state index contributed by atoms with van der Waals surface area (Å²) >= 11 is 0. The van der Waals surface area contributed by atoms with E-state index in [1.807, 2.05) is 42.5 Å². The molecular weight excluding hydrogens is 400 g/mol. The van der Waals surface area contributed by atoms with Crippen molar-refractivity contribution in [2.24, 2.45) is 0 Å². The Labute approximate surface area is 188 Å². The van der Waals surface area contributed by atoms with Crippen molar-refractivity contribution in [3.8, 4) is 5.75 Å². The number of rotatable bonds is 8. The van der Waals surface area contributed by atoms with E-state index in [1.54, 1.807) is 12.1 Å². The Kier molecular flexibility index (Phi) is 6.55. The minimum atomic E-state index is -0.164. The van der Waals surface area contributed by atoms with Gasteiger partial charge in [-0.3, -0.25) is 4.79 Å². The van der Waals surface area contributed by atoms with E-state index in [0.29, 0.717) is 30.2 Å². The normalized spacial score (nSPS) is 11.0. The molecule has 0 unspecified atom stereocenters. The monoisotopic (exact) mass is 428 g/mol. The molecule has 4 aromatic rings. The molecule has 0 bridgehead atoms. The van der Waals surface area contributed by atoms with Crippen LogP contribution in [0.1, 0.15) is 52.7 Å². The molecule has 4 rings (SSSR count). The van der Waals surface area contributed by atoms with Gasteiger partial charge in [0.15, 0.2) is 11.5 Å². The van der Waals surface area contributed by atoms with Gasteiger partial charge in [0, 0.05) is 17.7 Å². The van der Waals surface area contributed by atoms with Gasteiger partial charge in [0.2, 0.25) is 0 Å². The van der Waals surface area contributed by atoms with E-state index in [-0.39, 0.29) is 5.91 Å². The second-order valence-corrected chi connectivity index (χ2v) is 8.07. The molecule has 0 aliphatic carbocycles. The molecule has 1 aromatic heterocycles. The molecule has 0 aliphatic rings. The van der Waals surface area contributed by atoms with E-state index in [1.165, 1.54) is 11.1 Å². The summed E-state index contributed by atoms with van der Waals surface area (Å²) in [7, 11) is 0. The van der Waals surface area contributed by atoms with Gasteiger partial charge in [-0.2, -0.15) is 0 Å². The zero-order valence-electron chi connectivity index (χ0n) is 18.8. The average Bonchev–Trinajstić information content (AvgIpc) is 3.16. The highest BCUT2D eigenvalue weighted by Crippen LogP contribution is 2.22. The number of carbonyl (C=O) groups excluding carboxylic acids is 1. The van der Waals surface area contributed by atoms with Crippen LogP contribution in [-0.4, -0.2) is 17.5 Å². The molecule has 5 nitrogen and oxygen atoms in total. The highest BCUT2D eigenvalue weighted by Gasteiger charge is 2.10. The first-order chi connectivity index (χ1) is 15.5. The number of oxazole rings is 1. The molecule has 0 saturated heterocycles. The van der Waals surface area contributed by atoms with E-state index >= 15 is 0 Å². The molecule has 0 atom stereocenters. The smallest absolute Gasteiger partial charge is 0.255 e. The average molecular weight is 429 g/mol. The molecule has 3 aromatic carbocycles. The number of unbranched alkanes of at least 4 members (excludes halogenated alkanes) is 1. The summed E-state index contributed by atoms with van der Waals surface area (Å²) < 4.78 is 11.6. The first-order valence-corrected chi connectivity index (χ1v) is 11.0. The fraction of sp³-hybridized carbons (Fsp3) is 0.259. The maximum atomic E-state index is 12.6. The lowest BCUT2D eigenvalue weighted by Gasteiger charge is -2.09. The van der Waals surface area contributed by atoms with Gasteiger partial charge in [0.1, 0.15) is 11.3 Å². The van der Waals surface area contributed by atoms with Crippen molar-refractivity contribution in [3.05, 3.63) is 88.8 Å². The molecular formula is C27H28N2O3. The van der Waals surface area contributed by atoms with Crippen molar-refractivity contribution in [2.45, 2.75) is 40.0 Å². The molecule has 164 valence electrons. The molecule has 0 fully saturated rings. The van der Waals surface area contributed by atoms with Crippen LogP contribution in [0.4, 0.5) is 5.69 Å². The molecule has 32 heavy (non-hydrogen) atoms. The van der Waals surface area contributed by atoms with E-state index in [9.17, 15) is 4.79 Å². The Morgan fingerprint density at radius 1 is 1.03 bits per heavy atom. The minimum absolute atomic E-state index is 0.164. The van der Waals surface area contributed by atoms with E-state index in [4.69, 9.17) is 9.15 Å². The first kappa shape index (κ1) is 21.6. The van der Waals surface area contributed by atoms with Crippen LogP contribution in [0.15, 0.2) is 65.1 Å². The van der Waals surface area contributed by atoms with Gasteiger partial charge in [0.25, 0.3) is 5.91 Å². The van der Waals surface area contributed by atoms with Gasteiger partial charge < -0.3 is 14.5 Å². The van der Waals surface area contributed by atoms with Crippen LogP contribution < -0.4 is 10.1 Å². The van der Waals surface area contributed by atoms with Crippen molar-refractivity contribution in [3.63, 3.8) is 0 Å². The zero-order valence-corrected chi connectivity index (χ0v) is 18.8. The van der Waals surface area contributed by atoms with Crippen LogP contribution >= 0.6 is 0 Å². The zero-order chi connectivity index (χ0) is 22.5. The van der Waals surface area contributed by atoms with Crippen molar-refractivity contribution in [1.29, 1.82) is 0 Å². The molecule has 0 radical (unpaired) electrons. The van der Waals surface area contributed by atoms with Crippen LogP contribution in [0.5, 0.6) is 5.75 Å². The topological polar surface area (TPSA) is 64.4 Å². The Hall–Kier alpha value is -3.60. The Bertz CT molecular complexity index is 1190. The Morgan fingerprint density at radius 2 is 1.81 bits per heavy atom. The summed E-state index contributed by atoms with van der Waals surface area (Å²) in [4.78, 5) is 17.2. The number of nitrogens with one attached hydrogen (secondary N) is 1. The van der Waals surface area contributed by atoms with Crippen molar-refractivity contribution in [1.82, 2.24) is 4.98 Å². The van der Waals surface area contributed by atoms with Gasteiger partial charge in [0.05, 0.1) is 6.61 Å². The number of aryl methyl sites for hydroxylation is 2. The number of nitrogens with zero attached hydrogens (tertiary/aromatic N) is 1. The predicted molar refractivity (Wildman–Crippen MR) is 128 cm³/mol. The first-order valence-electron chi connectivity index (χ1n) is 11.0. The molecule has 5 heteroatoms. The number of benzene rings is 3. The number of hydrogen-bond acceptors (Lipinski definition) is 4. The Morgan fingerprint density at radius 3 is 2.59 bits per heavy atom. The summed E-state index contributed by atoms with van der Waals surface area (Å²) in [5.74, 6) is 1.23. The predicted octanol–water partition coefficient (Wildman–Crippen LogP) is 6.47. The summed E-state index contributed by atoms with van der Waals surface area (Å²) in [5, 5.41) is 2.94. The lowest BCUT2D eigenvalue weighted by Crippen LogP contribution is -2.12. The highest BCUT2D eigenvalue weighted by molar-refractivity contribution is 6.04. The number of aromatic nitrogens is 1. The van der Waals surface area contributed by atoms with Gasteiger partial charge in [-0.15, -0.1) is 0 Å². The van der Waals surface area contributed by atoms with Crippen LogP contribution in [0.25, 0.3) is 11.1 Å². The van der Waals surface area contributed by atoms with Crippen molar-refractivity contribution >= 4 is 22.7 Å². The number of ether oxygens (including phenoxy) is 1. The third-order valence-electron chi connectivity index (χ3n) is 5.48. The maximum Gasteiger partial charge on any atom is 0.255 e. The molecule has 1 N–H and O–H groups in total. The van der Waals surface area contributed by atoms with E-state index in [2.05, 4.69) is 37.1 Å². The largest absolute Gasteiger partial charge is 0.494 e. The summed E-state index contributed by atoms with van der Waals surface area (Å²) in [5.41, 5.74) is 6.46. The van der Waals surface area contributed by atoms with Crippen molar-refractivity contribution in [2.75, 3.05) is 11.9 Å². The summed E-state index contributed by atoms with van der Waals surface area (Å²) in [6, 6.07) is 19.1. The second-order valence-electron chi connectivity index (χ2n) is 8.07.